The molecule has 5 nitrogen and oxygen atoms in total. The van der Waals surface area contributed by atoms with Crippen molar-refractivity contribution in [1.82, 2.24) is 4.90 Å². The summed E-state index contributed by atoms with van der Waals surface area (Å²) in [5.74, 6) is -0.505. The van der Waals surface area contributed by atoms with Crippen molar-refractivity contribution >= 4 is 12.4 Å². The van der Waals surface area contributed by atoms with E-state index in [-0.39, 0.29) is 13.0 Å². The van der Waals surface area contributed by atoms with Crippen molar-refractivity contribution in [2.45, 2.75) is 18.6 Å². The topological polar surface area (TPSA) is 66.8 Å². The predicted octanol–water partition coefficient (Wildman–Crippen LogP) is -1.34. The zero-order valence-corrected chi connectivity index (χ0v) is 6.69. The van der Waals surface area contributed by atoms with Crippen molar-refractivity contribution in [3.63, 3.8) is 0 Å². The Hall–Kier alpha value is -1.10. The van der Waals surface area contributed by atoms with Crippen LogP contribution in [-0.4, -0.2) is 48.2 Å². The van der Waals surface area contributed by atoms with Gasteiger partial charge in [0.05, 0.1) is 13.2 Å². The highest BCUT2D eigenvalue weighted by Gasteiger charge is 2.36. The molecule has 1 radical (unpaired) electrons. The van der Waals surface area contributed by atoms with Gasteiger partial charge in [0.1, 0.15) is 6.04 Å². The van der Waals surface area contributed by atoms with Crippen LogP contribution in [0.15, 0.2) is 0 Å². The number of rotatable bonds is 2. The summed E-state index contributed by atoms with van der Waals surface area (Å²) in [4.78, 5) is 22.4. The van der Waals surface area contributed by atoms with E-state index in [0.29, 0.717) is 0 Å². The fourth-order valence-electron chi connectivity index (χ4n) is 1.27. The van der Waals surface area contributed by atoms with Gasteiger partial charge in [-0.05, 0) is 0 Å². The maximum Gasteiger partial charge on any atom is 0.328 e. The first-order chi connectivity index (χ1) is 5.69. The molecule has 12 heavy (non-hydrogen) atoms. The van der Waals surface area contributed by atoms with E-state index in [1.165, 1.54) is 7.11 Å². The highest BCUT2D eigenvalue weighted by Crippen LogP contribution is 2.16. The van der Waals surface area contributed by atoms with Crippen molar-refractivity contribution in [2.24, 2.45) is 0 Å². The molecule has 1 N–H and O–H groups in total. The Kier molecular flexibility index (Phi) is 2.65. The van der Waals surface area contributed by atoms with Crippen LogP contribution in [0.1, 0.15) is 6.42 Å². The lowest BCUT2D eigenvalue weighted by Crippen LogP contribution is -2.35. The van der Waals surface area contributed by atoms with Gasteiger partial charge in [-0.3, -0.25) is 4.79 Å². The number of β-amino-alcohol motifs (C(OH)–C–C–N with tert-alkyl or cyclic N) is 1. The lowest BCUT2D eigenvalue weighted by Gasteiger charge is -2.14. The summed E-state index contributed by atoms with van der Waals surface area (Å²) in [6, 6.07) is -0.664. The number of hydrogen-bond donors (Lipinski definition) is 1. The fourth-order valence-corrected chi connectivity index (χ4v) is 1.27. The molecule has 0 spiro atoms. The Morgan fingerprint density at radius 1 is 1.75 bits per heavy atom. The molecule has 0 bridgehead atoms. The number of methoxy groups -OCH3 is 1. The van der Waals surface area contributed by atoms with Crippen LogP contribution in [0.3, 0.4) is 0 Å². The first-order valence-corrected chi connectivity index (χ1v) is 3.59. The lowest BCUT2D eigenvalue weighted by molar-refractivity contribution is -0.144. The van der Waals surface area contributed by atoms with Crippen LogP contribution in [0.2, 0.25) is 0 Å². The Labute approximate surface area is 69.9 Å². The summed E-state index contributed by atoms with van der Waals surface area (Å²) in [6.45, 7) is 0.156. The number of carbonyl (C=O) groups is 1. The highest BCUT2D eigenvalue weighted by molar-refractivity contribution is 5.78. The van der Waals surface area contributed by atoms with Crippen LogP contribution >= 0.6 is 0 Å². The summed E-state index contributed by atoms with van der Waals surface area (Å²) in [7, 11) is 1.25. The quantitative estimate of drug-likeness (QED) is 0.523. The summed E-state index contributed by atoms with van der Waals surface area (Å²) >= 11 is 0. The molecule has 1 amide bonds. The summed E-state index contributed by atoms with van der Waals surface area (Å²) in [5, 5.41) is 9.12. The van der Waals surface area contributed by atoms with Gasteiger partial charge in [0.2, 0.25) is 0 Å². The number of amides is 1. The van der Waals surface area contributed by atoms with E-state index in [9.17, 15) is 9.59 Å². The molecule has 0 aromatic heterocycles. The second kappa shape index (κ2) is 3.53. The Morgan fingerprint density at radius 2 is 2.42 bits per heavy atom. The largest absolute Gasteiger partial charge is 0.467 e. The SMILES string of the molecule is COC(=O)C1C[C@H](O)CN1[C]=O. The van der Waals surface area contributed by atoms with Gasteiger partial charge in [-0.15, -0.1) is 0 Å². The highest BCUT2D eigenvalue weighted by atomic mass is 16.5. The molecule has 0 aliphatic carbocycles. The van der Waals surface area contributed by atoms with Gasteiger partial charge in [0, 0.05) is 13.0 Å². The third-order valence-corrected chi connectivity index (χ3v) is 1.87. The molecule has 1 saturated heterocycles. The zero-order chi connectivity index (χ0) is 9.14. The summed E-state index contributed by atoms with van der Waals surface area (Å²) in [6.07, 6.45) is 1.18. The Bertz CT molecular complexity index is 194. The van der Waals surface area contributed by atoms with Crippen LogP contribution in [0.25, 0.3) is 0 Å². The second-order valence-corrected chi connectivity index (χ2v) is 2.67. The first-order valence-electron chi connectivity index (χ1n) is 3.59. The van der Waals surface area contributed by atoms with Gasteiger partial charge >= 0.3 is 12.4 Å². The molecule has 1 unspecified atom stereocenters. The first kappa shape index (κ1) is 8.99. The molecule has 5 heteroatoms. The number of carbonyl (C=O) groups excluding carboxylic acids is 2. The van der Waals surface area contributed by atoms with Crippen LogP contribution in [0, 0.1) is 0 Å². The van der Waals surface area contributed by atoms with Gasteiger partial charge < -0.3 is 14.7 Å². The lowest BCUT2D eigenvalue weighted by atomic mass is 10.2. The summed E-state index contributed by atoms with van der Waals surface area (Å²) < 4.78 is 4.44. The number of aliphatic hydroxyl groups is 1. The second-order valence-electron chi connectivity index (χ2n) is 2.67. The van der Waals surface area contributed by atoms with Crippen molar-refractivity contribution in [2.75, 3.05) is 13.7 Å². The average Bonchev–Trinajstić information content (AvgIpc) is 2.45. The third-order valence-electron chi connectivity index (χ3n) is 1.87. The normalized spacial score (nSPS) is 28.7. The number of hydrogen-bond acceptors (Lipinski definition) is 4. The van der Waals surface area contributed by atoms with Crippen molar-refractivity contribution in [3.05, 3.63) is 0 Å². The molecule has 67 valence electrons. The van der Waals surface area contributed by atoms with E-state index in [1.54, 1.807) is 6.41 Å². The van der Waals surface area contributed by atoms with Gasteiger partial charge in [0.25, 0.3) is 0 Å². The van der Waals surface area contributed by atoms with Gasteiger partial charge in [-0.25, -0.2) is 4.79 Å². The molecule has 1 aliphatic rings. The molecule has 0 aromatic rings. The van der Waals surface area contributed by atoms with E-state index < -0.39 is 18.1 Å². The molecule has 2 atom stereocenters. The van der Waals surface area contributed by atoms with E-state index >= 15 is 0 Å². The minimum Gasteiger partial charge on any atom is -0.467 e. The fraction of sp³-hybridized carbons (Fsp3) is 0.714. The average molecular weight is 172 g/mol. The van der Waals surface area contributed by atoms with E-state index in [2.05, 4.69) is 4.74 Å². The monoisotopic (exact) mass is 172 g/mol. The van der Waals surface area contributed by atoms with Crippen LogP contribution in [0.5, 0.6) is 0 Å². The number of aliphatic hydroxyl groups excluding tert-OH is 1. The summed E-state index contributed by atoms with van der Waals surface area (Å²) in [5.41, 5.74) is 0. The molecular weight excluding hydrogens is 162 g/mol. The molecule has 1 heterocycles. The molecular formula is C7H10NO4. The predicted molar refractivity (Wildman–Crippen MR) is 38.8 cm³/mol. The van der Waals surface area contributed by atoms with Crippen LogP contribution in [0.4, 0.5) is 0 Å². The maximum absolute atomic E-state index is 11.0. The van der Waals surface area contributed by atoms with E-state index in [1.807, 2.05) is 0 Å². The molecule has 1 fully saturated rings. The number of nitrogens with zero attached hydrogens (tertiary/aromatic N) is 1. The standard InChI is InChI=1S/C7H10NO4/c1-12-7(11)6-2-5(10)3-8(6)4-9/h5-6,10H,2-3H2,1H3/t5-,6?/m0/s1. The van der Waals surface area contributed by atoms with Crippen LogP contribution in [-0.2, 0) is 14.3 Å². The maximum atomic E-state index is 11.0. The van der Waals surface area contributed by atoms with Crippen molar-refractivity contribution < 1.29 is 19.4 Å². The Morgan fingerprint density at radius 3 is 2.92 bits per heavy atom. The minimum absolute atomic E-state index is 0.156. The zero-order valence-electron chi connectivity index (χ0n) is 6.69. The molecule has 1 aliphatic heterocycles. The Balaban J connectivity index is 2.63. The van der Waals surface area contributed by atoms with Gasteiger partial charge in [-0.1, -0.05) is 0 Å². The third kappa shape index (κ3) is 1.55. The minimum atomic E-state index is -0.664. The smallest absolute Gasteiger partial charge is 0.328 e. The van der Waals surface area contributed by atoms with Crippen molar-refractivity contribution in [1.29, 1.82) is 0 Å². The van der Waals surface area contributed by atoms with E-state index in [0.717, 1.165) is 4.90 Å². The van der Waals surface area contributed by atoms with E-state index in [4.69, 9.17) is 5.11 Å². The van der Waals surface area contributed by atoms with Gasteiger partial charge in [0.15, 0.2) is 0 Å². The van der Waals surface area contributed by atoms with Crippen LogP contribution < -0.4 is 0 Å². The van der Waals surface area contributed by atoms with Gasteiger partial charge in [-0.2, -0.15) is 0 Å². The molecule has 0 aromatic carbocycles. The molecule has 1 rings (SSSR count). The number of esters is 1. The number of ether oxygens (including phenoxy) is 1. The molecule has 0 saturated carbocycles. The number of likely N-dealkylation sites (tertiary alicyclic amines) is 1. The van der Waals surface area contributed by atoms with Crippen molar-refractivity contribution in [3.8, 4) is 0 Å².